The first kappa shape index (κ1) is 24.8. The van der Waals surface area contributed by atoms with E-state index in [1.807, 2.05) is 30.3 Å². The van der Waals surface area contributed by atoms with Gasteiger partial charge in [-0.2, -0.15) is 0 Å². The number of aliphatic imine (C=N–C) groups is 1. The molecule has 2 aromatic carbocycles. The van der Waals surface area contributed by atoms with E-state index in [4.69, 9.17) is 0 Å². The van der Waals surface area contributed by atoms with Crippen molar-refractivity contribution < 1.29 is 9.72 Å². The van der Waals surface area contributed by atoms with E-state index in [0.29, 0.717) is 38.5 Å². The molecule has 0 unspecified atom stereocenters. The number of hydrogen-bond donors (Lipinski definition) is 2. The minimum absolute atomic E-state index is 0.0531. The number of benzene rings is 2. The molecule has 2 N–H and O–H groups in total. The van der Waals surface area contributed by atoms with E-state index in [9.17, 15) is 14.9 Å². The summed E-state index contributed by atoms with van der Waals surface area (Å²) in [5.74, 6) is 0.492. The third kappa shape index (κ3) is 5.78. The molecule has 1 aliphatic carbocycles. The lowest BCUT2D eigenvalue weighted by Crippen LogP contribution is -2.24. The number of carbonyl (C=O) groups excluding carboxylic acids is 1. The molecule has 0 spiro atoms. The average molecular weight is 533 g/mol. The van der Waals surface area contributed by atoms with Gasteiger partial charge in [0.2, 0.25) is 5.16 Å². The predicted octanol–water partition coefficient (Wildman–Crippen LogP) is 5.79. The molecule has 0 fully saturated rings. The minimum Gasteiger partial charge on any atom is -0.348 e. The molecule has 5 rings (SSSR count). The summed E-state index contributed by atoms with van der Waals surface area (Å²) in [7, 11) is 0. The van der Waals surface area contributed by atoms with Crippen LogP contribution in [0.15, 0.2) is 63.6 Å². The number of nitrogens with one attached hydrogen (secondary N) is 2. The van der Waals surface area contributed by atoms with Crippen molar-refractivity contribution in [3.63, 3.8) is 0 Å². The number of nitro groups is 1. The monoisotopic (exact) mass is 532 g/mol. The molecule has 2 aromatic heterocycles. The molecule has 0 atom stereocenters. The van der Waals surface area contributed by atoms with Crippen molar-refractivity contribution in [3.05, 3.63) is 91.6 Å². The number of nitro benzene ring substituents is 1. The van der Waals surface area contributed by atoms with Gasteiger partial charge in [0.05, 0.1) is 15.4 Å². The van der Waals surface area contributed by atoms with Crippen LogP contribution in [0.5, 0.6) is 0 Å². The fraction of sp³-hybridized carbons (Fsp3) is 0.231. The van der Waals surface area contributed by atoms with Crippen molar-refractivity contribution in [2.45, 2.75) is 49.2 Å². The summed E-state index contributed by atoms with van der Waals surface area (Å²) in [4.78, 5) is 35.1. The highest BCUT2D eigenvalue weighted by Crippen LogP contribution is 2.40. The topological polar surface area (TPSA) is 126 Å². The van der Waals surface area contributed by atoms with Gasteiger partial charge in [0, 0.05) is 23.7 Å². The van der Waals surface area contributed by atoms with E-state index in [1.165, 1.54) is 22.3 Å². The molecule has 4 aromatic rings. The van der Waals surface area contributed by atoms with E-state index in [0.717, 1.165) is 48.6 Å². The van der Waals surface area contributed by atoms with Crippen molar-refractivity contribution in [1.82, 2.24) is 20.5 Å². The van der Waals surface area contributed by atoms with Gasteiger partial charge in [-0.1, -0.05) is 36.4 Å². The van der Waals surface area contributed by atoms with Crippen molar-refractivity contribution in [2.24, 2.45) is 4.99 Å². The Morgan fingerprint density at radius 3 is 2.81 bits per heavy atom. The number of aryl methyl sites for hydroxylation is 2. The zero-order chi connectivity index (χ0) is 25.8. The second-order valence-electron chi connectivity index (χ2n) is 8.61. The van der Waals surface area contributed by atoms with E-state index in [1.54, 1.807) is 25.3 Å². The molecule has 0 aliphatic heterocycles. The smallest absolute Gasteiger partial charge is 0.283 e. The van der Waals surface area contributed by atoms with E-state index >= 15 is 0 Å². The quantitative estimate of drug-likeness (QED) is 0.168. The summed E-state index contributed by atoms with van der Waals surface area (Å²) in [6, 6.07) is 14.7. The summed E-state index contributed by atoms with van der Waals surface area (Å²) in [5, 5.41) is 22.6. The molecule has 0 saturated carbocycles. The minimum atomic E-state index is -0.425. The van der Waals surface area contributed by atoms with Crippen LogP contribution in [0.25, 0.3) is 0 Å². The van der Waals surface area contributed by atoms with Crippen molar-refractivity contribution >= 4 is 45.9 Å². The molecule has 37 heavy (non-hydrogen) atoms. The van der Waals surface area contributed by atoms with Crippen LogP contribution in [0, 0.1) is 17.0 Å². The zero-order valence-electron chi connectivity index (χ0n) is 20.1. The summed E-state index contributed by atoms with van der Waals surface area (Å²) < 4.78 is 0. The van der Waals surface area contributed by atoms with Gasteiger partial charge in [-0.05, 0) is 67.1 Å². The van der Waals surface area contributed by atoms with Crippen LogP contribution in [0.1, 0.15) is 50.6 Å². The highest BCUT2D eigenvalue weighted by Gasteiger charge is 2.25. The number of fused-ring (bicyclic) bond motifs is 1. The van der Waals surface area contributed by atoms with Gasteiger partial charge in [-0.25, -0.2) is 9.98 Å². The number of amides is 1. The Balaban J connectivity index is 1.41. The lowest BCUT2D eigenvalue weighted by molar-refractivity contribution is -0.387. The Morgan fingerprint density at radius 1 is 1.24 bits per heavy atom. The maximum absolute atomic E-state index is 13.3. The number of rotatable bonds is 8. The van der Waals surface area contributed by atoms with Crippen LogP contribution in [0.4, 0.5) is 10.7 Å². The van der Waals surface area contributed by atoms with Crippen molar-refractivity contribution in [1.29, 1.82) is 0 Å². The van der Waals surface area contributed by atoms with Crippen LogP contribution in [0.3, 0.4) is 0 Å². The number of carbonyl (C=O) groups is 1. The first-order chi connectivity index (χ1) is 18.0. The third-order valence-corrected chi connectivity index (χ3v) is 8.09. The van der Waals surface area contributed by atoms with E-state index in [2.05, 4.69) is 25.5 Å². The molecule has 0 radical (unpaired) electrons. The molecular weight excluding hydrogens is 508 g/mol. The number of aromatic amines is 1. The fourth-order valence-electron chi connectivity index (χ4n) is 4.19. The molecule has 0 bridgehead atoms. The van der Waals surface area contributed by atoms with E-state index < -0.39 is 4.92 Å². The first-order valence-electron chi connectivity index (χ1n) is 11.8. The second kappa shape index (κ2) is 11.1. The van der Waals surface area contributed by atoms with Gasteiger partial charge in [-0.15, -0.1) is 16.4 Å². The third-order valence-electron chi connectivity index (χ3n) is 5.96. The molecular formula is C26H24N6O3S2. The maximum atomic E-state index is 13.3. The lowest BCUT2D eigenvalue weighted by atomic mass is 9.95. The highest BCUT2D eigenvalue weighted by atomic mass is 32.2. The number of hydrogen-bond acceptors (Lipinski definition) is 8. The molecule has 188 valence electrons. The van der Waals surface area contributed by atoms with Gasteiger partial charge >= 0.3 is 0 Å². The Morgan fingerprint density at radius 2 is 2.05 bits per heavy atom. The fourth-order valence-corrected chi connectivity index (χ4v) is 6.26. The Labute approximate surface area is 221 Å². The Kier molecular flexibility index (Phi) is 7.42. The Hall–Kier alpha value is -3.83. The predicted molar refractivity (Wildman–Crippen MR) is 144 cm³/mol. The average Bonchev–Trinajstić information content (AvgIpc) is 3.49. The SMILES string of the molecule is Cc1nc(Sc2ccc(C=Nc3sc4c(c3C(=O)NCc3ccccc3)CCCC4)cc2[N+](=O)[O-])n[nH]1. The van der Waals surface area contributed by atoms with E-state index in [-0.39, 0.29) is 11.6 Å². The Bertz CT molecular complexity index is 1480. The van der Waals surface area contributed by atoms with Crippen LogP contribution in [-0.4, -0.2) is 32.2 Å². The molecule has 9 nitrogen and oxygen atoms in total. The standard InChI is InChI=1S/C26H24N6O3S2/c1-16-29-26(31-30-16)37-22-12-11-18(13-20(22)32(34)35)15-28-25-23(19-9-5-6-10-21(19)36-25)24(33)27-14-17-7-3-2-4-8-17/h2-4,7-8,11-13,15H,5-6,9-10,14H2,1H3,(H,27,33)(H,29,30,31). The highest BCUT2D eigenvalue weighted by molar-refractivity contribution is 7.99. The number of aromatic nitrogens is 3. The van der Waals surface area contributed by atoms with Crippen LogP contribution < -0.4 is 5.32 Å². The second-order valence-corrected chi connectivity index (χ2v) is 10.7. The first-order valence-corrected chi connectivity index (χ1v) is 13.5. The van der Waals surface area contributed by atoms with Gasteiger partial charge < -0.3 is 5.32 Å². The van der Waals surface area contributed by atoms with Gasteiger partial charge in [0.25, 0.3) is 11.6 Å². The summed E-state index contributed by atoms with van der Waals surface area (Å²) in [6.07, 6.45) is 5.52. The van der Waals surface area contributed by atoms with Gasteiger partial charge in [0.15, 0.2) is 0 Å². The normalized spacial score (nSPS) is 13.0. The van der Waals surface area contributed by atoms with Gasteiger partial charge in [-0.3, -0.25) is 20.0 Å². The molecule has 0 saturated heterocycles. The maximum Gasteiger partial charge on any atom is 0.283 e. The van der Waals surface area contributed by atoms with Crippen LogP contribution in [-0.2, 0) is 19.4 Å². The largest absolute Gasteiger partial charge is 0.348 e. The molecule has 2 heterocycles. The number of thiophene rings is 1. The van der Waals surface area contributed by atoms with Crippen molar-refractivity contribution in [3.8, 4) is 0 Å². The number of nitrogens with zero attached hydrogens (tertiary/aromatic N) is 4. The zero-order valence-corrected chi connectivity index (χ0v) is 21.7. The lowest BCUT2D eigenvalue weighted by Gasteiger charge is -2.12. The summed E-state index contributed by atoms with van der Waals surface area (Å²) in [5.41, 5.74) is 3.24. The molecule has 11 heteroatoms. The molecule has 1 aliphatic rings. The number of H-pyrrole nitrogens is 1. The summed E-state index contributed by atoms with van der Waals surface area (Å²) in [6.45, 7) is 2.20. The van der Waals surface area contributed by atoms with Gasteiger partial charge in [0.1, 0.15) is 10.8 Å². The van der Waals surface area contributed by atoms with Crippen LogP contribution in [0.2, 0.25) is 0 Å². The van der Waals surface area contributed by atoms with Crippen LogP contribution >= 0.6 is 23.1 Å². The molecule has 1 amide bonds. The van der Waals surface area contributed by atoms with Crippen molar-refractivity contribution in [2.75, 3.05) is 0 Å². The summed E-state index contributed by atoms with van der Waals surface area (Å²) >= 11 is 2.66.